The smallest absolute Gasteiger partial charge is 0.414 e. The summed E-state index contributed by atoms with van der Waals surface area (Å²) in [6.45, 7) is 6.95. The summed E-state index contributed by atoms with van der Waals surface area (Å²) in [5.41, 5.74) is 0.112. The summed E-state index contributed by atoms with van der Waals surface area (Å²) in [5, 5.41) is 41.5. The van der Waals surface area contributed by atoms with E-state index in [1.54, 1.807) is 18.7 Å². The number of carbonyl (C=O) groups excluding carboxylic acids is 1. The molecule has 0 aromatic heterocycles. The largest absolute Gasteiger partial charge is 0.477 e. The van der Waals surface area contributed by atoms with Crippen molar-refractivity contribution in [3.63, 3.8) is 0 Å². The Bertz CT molecular complexity index is 846. The van der Waals surface area contributed by atoms with Crippen molar-refractivity contribution in [2.45, 2.75) is 56.2 Å². The van der Waals surface area contributed by atoms with Crippen LogP contribution in [0.1, 0.15) is 26.7 Å². The van der Waals surface area contributed by atoms with Crippen molar-refractivity contribution in [2.24, 2.45) is 11.8 Å². The molecule has 0 bridgehead atoms. The Balaban J connectivity index is 0.000000481. The number of nitrogens with one attached hydrogen (secondary N) is 2. The maximum Gasteiger partial charge on any atom is 0.414 e. The van der Waals surface area contributed by atoms with Crippen LogP contribution in [-0.4, -0.2) is 105 Å². The first-order chi connectivity index (χ1) is 16.0. The van der Waals surface area contributed by atoms with Gasteiger partial charge >= 0.3 is 17.9 Å². The number of thioether (sulfide) groups is 1. The third-order valence-corrected chi connectivity index (χ3v) is 8.03. The summed E-state index contributed by atoms with van der Waals surface area (Å²) in [5.74, 6) is -5.57. The van der Waals surface area contributed by atoms with Gasteiger partial charge < -0.3 is 40.7 Å². The quantitative estimate of drug-likeness (QED) is 0.187. The van der Waals surface area contributed by atoms with Crippen molar-refractivity contribution in [1.82, 2.24) is 15.5 Å². The van der Waals surface area contributed by atoms with Gasteiger partial charge in [-0.1, -0.05) is 6.92 Å². The standard InChI is InChI=1S/C19H29N3O5S.C2H2O4/c1-9-15-14(10(2)23)18(24)22(15)16(19(25)26)17(9)28-13-5-11(21-7-13)8-27-12-3-4-20-6-12;3-1(4)2(5)6/h9-15,20-21,23H,3-8H2,1-2H3,(H,25,26);(H,3,4)(H,5,6)/t9-,10-,11+,12-,13+,14-,15-;/m1./s1. The van der Waals surface area contributed by atoms with Crippen LogP contribution in [0.25, 0.3) is 0 Å². The molecular formula is C21H31N3O9S. The first-order valence-corrected chi connectivity index (χ1v) is 12.1. The zero-order chi connectivity index (χ0) is 25.2. The summed E-state index contributed by atoms with van der Waals surface area (Å²) >= 11 is 1.58. The highest BCUT2D eigenvalue weighted by Gasteiger charge is 2.60. The number of nitrogens with zero attached hydrogens (tertiary/aromatic N) is 1. The molecule has 3 fully saturated rings. The highest BCUT2D eigenvalue weighted by molar-refractivity contribution is 8.03. The Morgan fingerprint density at radius 3 is 2.41 bits per heavy atom. The average molecular weight is 502 g/mol. The van der Waals surface area contributed by atoms with Gasteiger partial charge in [0.05, 0.1) is 30.8 Å². The van der Waals surface area contributed by atoms with Crippen molar-refractivity contribution >= 4 is 35.6 Å². The van der Waals surface area contributed by atoms with Crippen LogP contribution >= 0.6 is 11.8 Å². The highest BCUT2D eigenvalue weighted by atomic mass is 32.2. The molecule has 0 aliphatic carbocycles. The monoisotopic (exact) mass is 501 g/mol. The fourth-order valence-corrected chi connectivity index (χ4v) is 6.40. The highest BCUT2D eigenvalue weighted by Crippen LogP contribution is 2.51. The van der Waals surface area contributed by atoms with Crippen LogP contribution in [0.2, 0.25) is 0 Å². The molecule has 1 amide bonds. The number of carbonyl (C=O) groups is 4. The predicted molar refractivity (Wildman–Crippen MR) is 120 cm³/mol. The van der Waals surface area contributed by atoms with Gasteiger partial charge in [0, 0.05) is 35.2 Å². The Morgan fingerprint density at radius 2 is 1.88 bits per heavy atom. The zero-order valence-electron chi connectivity index (χ0n) is 19.0. The fraction of sp³-hybridized carbons (Fsp3) is 0.714. The molecule has 7 atom stereocenters. The summed E-state index contributed by atoms with van der Waals surface area (Å²) in [4.78, 5) is 44.7. The summed E-state index contributed by atoms with van der Waals surface area (Å²) in [6.07, 6.45) is 1.48. The lowest BCUT2D eigenvalue weighted by Gasteiger charge is -2.46. The number of carboxylic acids is 3. The second-order valence-corrected chi connectivity index (χ2v) is 10.3. The average Bonchev–Trinajstić information content (AvgIpc) is 3.47. The van der Waals surface area contributed by atoms with Crippen LogP contribution < -0.4 is 10.6 Å². The number of amides is 1. The maximum absolute atomic E-state index is 12.4. The summed E-state index contributed by atoms with van der Waals surface area (Å²) < 4.78 is 5.96. The molecule has 3 saturated heterocycles. The predicted octanol–water partition coefficient (Wildman–Crippen LogP) is -0.862. The van der Waals surface area contributed by atoms with Gasteiger partial charge in [0.15, 0.2) is 0 Å². The van der Waals surface area contributed by atoms with Gasteiger partial charge in [0.1, 0.15) is 5.70 Å². The van der Waals surface area contributed by atoms with Gasteiger partial charge in [0.25, 0.3) is 0 Å². The van der Waals surface area contributed by atoms with Crippen LogP contribution in [0.5, 0.6) is 0 Å². The molecule has 0 spiro atoms. The lowest BCUT2D eigenvalue weighted by atomic mass is 9.79. The van der Waals surface area contributed by atoms with Gasteiger partial charge in [-0.25, -0.2) is 14.4 Å². The van der Waals surface area contributed by atoms with Crippen LogP contribution in [0, 0.1) is 11.8 Å². The molecule has 4 heterocycles. The molecule has 0 saturated carbocycles. The molecule has 6 N–H and O–H groups in total. The first kappa shape index (κ1) is 26.4. The van der Waals surface area contributed by atoms with Crippen molar-refractivity contribution in [3.05, 3.63) is 10.6 Å². The van der Waals surface area contributed by atoms with Gasteiger partial charge in [-0.2, -0.15) is 0 Å². The molecular weight excluding hydrogens is 470 g/mol. The van der Waals surface area contributed by atoms with E-state index in [9.17, 15) is 19.8 Å². The molecule has 4 rings (SSSR count). The minimum absolute atomic E-state index is 0.0757. The normalized spacial score (nSPS) is 33.1. The molecule has 0 aromatic rings. The van der Waals surface area contributed by atoms with Gasteiger partial charge in [-0.3, -0.25) is 4.79 Å². The molecule has 0 unspecified atom stereocenters. The van der Waals surface area contributed by atoms with Gasteiger partial charge in [-0.05, 0) is 26.3 Å². The van der Waals surface area contributed by atoms with E-state index >= 15 is 0 Å². The number of aliphatic carboxylic acids is 3. The van der Waals surface area contributed by atoms with Crippen molar-refractivity contribution in [1.29, 1.82) is 0 Å². The molecule has 0 aromatic carbocycles. The Hall–Kier alpha value is -2.19. The zero-order valence-corrected chi connectivity index (χ0v) is 19.8. The third kappa shape index (κ3) is 5.54. The SMILES string of the molecule is C[C@@H](O)[C@H]1C(=O)N2C(C(=O)O)=C(S[C@@H]3CN[C@H](CO[C@@H]4CCNC4)C3)[C@H](C)[C@H]12.O=C(O)C(=O)O. The lowest BCUT2D eigenvalue weighted by Crippen LogP contribution is -2.63. The number of carboxylic acid groups (broad SMARTS) is 3. The van der Waals surface area contributed by atoms with E-state index in [4.69, 9.17) is 24.5 Å². The molecule has 34 heavy (non-hydrogen) atoms. The van der Waals surface area contributed by atoms with Crippen LogP contribution in [0.15, 0.2) is 10.6 Å². The van der Waals surface area contributed by atoms with Crippen molar-refractivity contribution < 1.29 is 44.3 Å². The van der Waals surface area contributed by atoms with E-state index in [-0.39, 0.29) is 41.0 Å². The number of ether oxygens (including phenoxy) is 1. The van der Waals surface area contributed by atoms with Gasteiger partial charge in [-0.15, -0.1) is 11.8 Å². The third-order valence-electron chi connectivity index (χ3n) is 6.52. The van der Waals surface area contributed by atoms with E-state index in [2.05, 4.69) is 10.6 Å². The fourth-order valence-electron chi connectivity index (χ4n) is 4.88. The second kappa shape index (κ2) is 11.0. The molecule has 190 valence electrons. The Labute approximate surface area is 200 Å². The number of aliphatic hydroxyl groups excluding tert-OH is 1. The maximum atomic E-state index is 12.4. The number of hydrogen-bond donors (Lipinski definition) is 6. The van der Waals surface area contributed by atoms with E-state index in [1.165, 1.54) is 4.90 Å². The number of hydrogen-bond acceptors (Lipinski definition) is 9. The number of rotatable bonds is 7. The van der Waals surface area contributed by atoms with Crippen molar-refractivity contribution in [2.75, 3.05) is 26.2 Å². The lowest BCUT2D eigenvalue weighted by molar-refractivity contribution is -0.163. The van der Waals surface area contributed by atoms with Crippen LogP contribution in [0.4, 0.5) is 0 Å². The Kier molecular flexibility index (Phi) is 8.57. The number of β-lactam (4-membered cyclic amide) rings is 1. The molecule has 12 nitrogen and oxygen atoms in total. The first-order valence-electron chi connectivity index (χ1n) is 11.2. The molecule has 0 radical (unpaired) electrons. The van der Waals surface area contributed by atoms with E-state index < -0.39 is 29.9 Å². The molecule has 13 heteroatoms. The van der Waals surface area contributed by atoms with Crippen molar-refractivity contribution in [3.8, 4) is 0 Å². The summed E-state index contributed by atoms with van der Waals surface area (Å²) in [7, 11) is 0. The number of aliphatic hydroxyl groups is 1. The van der Waals surface area contributed by atoms with E-state index in [0.29, 0.717) is 6.61 Å². The van der Waals surface area contributed by atoms with E-state index in [1.807, 2.05) is 6.92 Å². The number of fused-ring (bicyclic) bond motifs is 1. The minimum atomic E-state index is -1.82. The van der Waals surface area contributed by atoms with E-state index in [0.717, 1.165) is 37.4 Å². The molecule has 4 aliphatic heterocycles. The van der Waals surface area contributed by atoms with Gasteiger partial charge in [0.2, 0.25) is 5.91 Å². The van der Waals surface area contributed by atoms with Crippen LogP contribution in [0.3, 0.4) is 0 Å². The minimum Gasteiger partial charge on any atom is -0.477 e. The van der Waals surface area contributed by atoms with Crippen LogP contribution in [-0.2, 0) is 23.9 Å². The summed E-state index contributed by atoms with van der Waals surface area (Å²) in [6, 6.07) is 0.0250. The topological polar surface area (TPSA) is 186 Å². The molecule has 4 aliphatic rings. The Morgan fingerprint density at radius 1 is 1.21 bits per heavy atom. The second-order valence-electron chi connectivity index (χ2n) is 8.91.